The number of ether oxygens (including phenoxy) is 2. The highest BCUT2D eigenvalue weighted by Crippen LogP contribution is 2.31. The van der Waals surface area contributed by atoms with E-state index in [2.05, 4.69) is 19.1 Å². The van der Waals surface area contributed by atoms with Crippen LogP contribution in [0, 0.1) is 0 Å². The Balaban J connectivity index is 1.42. The van der Waals surface area contributed by atoms with E-state index >= 15 is 0 Å². The second-order valence-corrected chi connectivity index (χ2v) is 8.03. The van der Waals surface area contributed by atoms with E-state index < -0.39 is 0 Å². The Morgan fingerprint density at radius 2 is 1.57 bits per heavy atom. The SMILES string of the molecule is CCc1ccc(OCCCOc2ccc(C=C3SC(=S)N(C)C3=O)cc2)cc1. The number of aryl methyl sites for hydroxylation is 1. The zero-order chi connectivity index (χ0) is 19.9. The number of thiocarbonyl (C=S) groups is 1. The van der Waals surface area contributed by atoms with Crippen LogP contribution in [-0.4, -0.2) is 35.4 Å². The molecule has 1 heterocycles. The van der Waals surface area contributed by atoms with Gasteiger partial charge in [-0.2, -0.15) is 0 Å². The van der Waals surface area contributed by atoms with Crippen molar-refractivity contribution in [1.29, 1.82) is 0 Å². The van der Waals surface area contributed by atoms with Gasteiger partial charge in [-0.3, -0.25) is 9.69 Å². The number of amides is 1. The fraction of sp³-hybridized carbons (Fsp3) is 0.273. The highest BCUT2D eigenvalue weighted by molar-refractivity contribution is 8.26. The molecule has 2 aromatic rings. The average molecular weight is 414 g/mol. The first kappa shape index (κ1) is 20.4. The summed E-state index contributed by atoms with van der Waals surface area (Å²) in [5.74, 6) is 1.63. The number of carbonyl (C=O) groups is 1. The summed E-state index contributed by atoms with van der Waals surface area (Å²) >= 11 is 6.47. The Kier molecular flexibility index (Phi) is 7.12. The molecule has 0 aromatic heterocycles. The van der Waals surface area contributed by atoms with Crippen molar-refractivity contribution >= 4 is 40.3 Å². The van der Waals surface area contributed by atoms with Gasteiger partial charge in [-0.25, -0.2) is 0 Å². The van der Waals surface area contributed by atoms with Gasteiger partial charge in [0.25, 0.3) is 5.91 Å². The number of nitrogens with zero attached hydrogens (tertiary/aromatic N) is 1. The van der Waals surface area contributed by atoms with Crippen LogP contribution in [0.25, 0.3) is 6.08 Å². The van der Waals surface area contributed by atoms with Crippen LogP contribution >= 0.6 is 24.0 Å². The van der Waals surface area contributed by atoms with Gasteiger partial charge in [0.15, 0.2) is 0 Å². The molecule has 2 aromatic carbocycles. The first-order valence-electron chi connectivity index (χ1n) is 9.23. The predicted molar refractivity (Wildman–Crippen MR) is 119 cm³/mol. The Hall–Kier alpha value is -2.31. The van der Waals surface area contributed by atoms with Crippen molar-refractivity contribution in [1.82, 2.24) is 4.90 Å². The number of thioether (sulfide) groups is 1. The minimum atomic E-state index is -0.0559. The van der Waals surface area contributed by atoms with Crippen molar-refractivity contribution in [2.45, 2.75) is 19.8 Å². The number of hydrogen-bond acceptors (Lipinski definition) is 5. The fourth-order valence-corrected chi connectivity index (χ4v) is 3.80. The third kappa shape index (κ3) is 5.36. The van der Waals surface area contributed by atoms with Crippen LogP contribution in [0.15, 0.2) is 53.4 Å². The van der Waals surface area contributed by atoms with Crippen LogP contribution < -0.4 is 9.47 Å². The summed E-state index contributed by atoms with van der Waals surface area (Å²) in [5.41, 5.74) is 2.25. The summed E-state index contributed by atoms with van der Waals surface area (Å²) in [6.45, 7) is 3.33. The van der Waals surface area contributed by atoms with Gasteiger partial charge in [-0.05, 0) is 47.9 Å². The zero-order valence-electron chi connectivity index (χ0n) is 16.0. The van der Waals surface area contributed by atoms with E-state index in [1.165, 1.54) is 22.2 Å². The van der Waals surface area contributed by atoms with Crippen LogP contribution in [0.2, 0.25) is 0 Å². The Morgan fingerprint density at radius 3 is 2.07 bits per heavy atom. The number of rotatable bonds is 8. The van der Waals surface area contributed by atoms with Gasteiger partial charge >= 0.3 is 0 Å². The van der Waals surface area contributed by atoms with Crippen LogP contribution in [0.3, 0.4) is 0 Å². The van der Waals surface area contributed by atoms with Gasteiger partial charge in [0, 0.05) is 13.5 Å². The highest BCUT2D eigenvalue weighted by Gasteiger charge is 2.28. The lowest BCUT2D eigenvalue weighted by Crippen LogP contribution is -2.22. The molecule has 1 aliphatic heterocycles. The first-order chi connectivity index (χ1) is 13.6. The third-order valence-electron chi connectivity index (χ3n) is 4.32. The molecule has 4 nitrogen and oxygen atoms in total. The van der Waals surface area contributed by atoms with E-state index in [1.54, 1.807) is 7.05 Å². The molecule has 28 heavy (non-hydrogen) atoms. The molecule has 0 radical (unpaired) electrons. The van der Waals surface area contributed by atoms with Gasteiger partial charge in [0.1, 0.15) is 15.8 Å². The zero-order valence-corrected chi connectivity index (χ0v) is 17.6. The molecule has 0 bridgehead atoms. The van der Waals surface area contributed by atoms with E-state index in [4.69, 9.17) is 21.7 Å². The minimum absolute atomic E-state index is 0.0559. The molecule has 0 aliphatic carbocycles. The van der Waals surface area contributed by atoms with Crippen molar-refractivity contribution in [2.24, 2.45) is 0 Å². The van der Waals surface area contributed by atoms with Gasteiger partial charge in [0.2, 0.25) is 0 Å². The number of carbonyl (C=O) groups excluding carboxylic acids is 1. The standard InChI is InChI=1S/C22H23NO3S2/c1-3-16-5-9-18(10-6-16)25-13-4-14-26-19-11-7-17(8-12-19)15-20-21(24)23(2)22(27)28-20/h5-12,15H,3-4,13-14H2,1-2H3. The lowest BCUT2D eigenvalue weighted by Gasteiger charge is -2.09. The van der Waals surface area contributed by atoms with Gasteiger partial charge < -0.3 is 9.47 Å². The Bertz CT molecular complexity index is 860. The summed E-state index contributed by atoms with van der Waals surface area (Å²) in [6, 6.07) is 15.9. The average Bonchev–Trinajstić information content (AvgIpc) is 2.96. The molecule has 6 heteroatoms. The van der Waals surface area contributed by atoms with Gasteiger partial charge in [0.05, 0.1) is 18.1 Å². The fourth-order valence-electron chi connectivity index (χ4n) is 2.62. The molecular formula is C22H23NO3S2. The lowest BCUT2D eigenvalue weighted by molar-refractivity contribution is -0.121. The second-order valence-electron chi connectivity index (χ2n) is 6.36. The molecule has 146 valence electrons. The van der Waals surface area contributed by atoms with Crippen molar-refractivity contribution in [3.63, 3.8) is 0 Å². The highest BCUT2D eigenvalue weighted by atomic mass is 32.2. The summed E-state index contributed by atoms with van der Waals surface area (Å²) in [4.78, 5) is 14.2. The molecule has 0 N–H and O–H groups in total. The van der Waals surface area contributed by atoms with E-state index in [1.807, 2.05) is 42.5 Å². The monoisotopic (exact) mass is 413 g/mol. The lowest BCUT2D eigenvalue weighted by atomic mass is 10.2. The smallest absolute Gasteiger partial charge is 0.265 e. The molecule has 3 rings (SSSR count). The van der Waals surface area contributed by atoms with Crippen LogP contribution in [0.1, 0.15) is 24.5 Å². The summed E-state index contributed by atoms with van der Waals surface area (Å²) < 4.78 is 12.1. The van der Waals surface area contributed by atoms with Crippen molar-refractivity contribution in [3.8, 4) is 11.5 Å². The van der Waals surface area contributed by atoms with Crippen molar-refractivity contribution in [3.05, 3.63) is 64.6 Å². The molecule has 1 saturated heterocycles. The molecular weight excluding hydrogens is 390 g/mol. The predicted octanol–water partition coefficient (Wildman–Crippen LogP) is 4.93. The molecule has 0 atom stereocenters. The summed E-state index contributed by atoms with van der Waals surface area (Å²) in [7, 11) is 1.69. The molecule has 0 unspecified atom stereocenters. The van der Waals surface area contributed by atoms with E-state index in [9.17, 15) is 4.79 Å². The van der Waals surface area contributed by atoms with Crippen molar-refractivity contribution < 1.29 is 14.3 Å². The quantitative estimate of drug-likeness (QED) is 0.349. The van der Waals surface area contributed by atoms with E-state index in [-0.39, 0.29) is 5.91 Å². The summed E-state index contributed by atoms with van der Waals surface area (Å²) in [6.07, 6.45) is 3.68. The molecule has 1 fully saturated rings. The Labute approximate surface area is 175 Å². The maximum atomic E-state index is 12.0. The molecule has 0 spiro atoms. The van der Waals surface area contributed by atoms with Gasteiger partial charge in [-0.15, -0.1) is 0 Å². The third-order valence-corrected chi connectivity index (χ3v) is 5.81. The van der Waals surface area contributed by atoms with Crippen molar-refractivity contribution in [2.75, 3.05) is 20.3 Å². The summed E-state index contributed by atoms with van der Waals surface area (Å²) in [5, 5.41) is 0. The van der Waals surface area contributed by atoms with E-state index in [0.717, 1.165) is 29.9 Å². The van der Waals surface area contributed by atoms with E-state index in [0.29, 0.717) is 22.4 Å². The second kappa shape index (κ2) is 9.75. The van der Waals surface area contributed by atoms with Crippen LogP contribution in [0.4, 0.5) is 0 Å². The topological polar surface area (TPSA) is 38.8 Å². The number of likely N-dealkylation sites (N-methyl/N-ethyl adjacent to an activating group) is 1. The molecule has 0 saturated carbocycles. The van der Waals surface area contributed by atoms with Crippen LogP contribution in [0.5, 0.6) is 11.5 Å². The minimum Gasteiger partial charge on any atom is -0.493 e. The maximum Gasteiger partial charge on any atom is 0.265 e. The molecule has 1 aliphatic rings. The normalized spacial score (nSPS) is 15.4. The number of benzene rings is 2. The van der Waals surface area contributed by atoms with Crippen LogP contribution in [-0.2, 0) is 11.2 Å². The first-order valence-corrected chi connectivity index (χ1v) is 10.5. The largest absolute Gasteiger partial charge is 0.493 e. The maximum absolute atomic E-state index is 12.0. The van der Waals surface area contributed by atoms with Gasteiger partial charge in [-0.1, -0.05) is 55.2 Å². The molecule has 1 amide bonds. The Morgan fingerprint density at radius 1 is 1.00 bits per heavy atom. The number of hydrogen-bond donors (Lipinski definition) is 0.